The quantitative estimate of drug-likeness (QED) is 0.875. The molecule has 0 fully saturated rings. The Morgan fingerprint density at radius 2 is 1.89 bits per heavy atom. The van der Waals surface area contributed by atoms with Gasteiger partial charge >= 0.3 is 6.18 Å². The third-order valence-corrected chi connectivity index (χ3v) is 2.74. The third kappa shape index (κ3) is 4.05. The Hall–Kier alpha value is -1.53. The predicted octanol–water partition coefficient (Wildman–Crippen LogP) is 2.93. The summed E-state index contributed by atoms with van der Waals surface area (Å²) in [5.41, 5.74) is 4.20. The van der Waals surface area contributed by atoms with Gasteiger partial charge in [-0.2, -0.15) is 18.2 Å². The number of hydrogen-bond acceptors (Lipinski definition) is 4. The summed E-state index contributed by atoms with van der Waals surface area (Å²) < 4.78 is 37.5. The number of halogens is 3. The topological polar surface area (TPSA) is 63.8 Å². The summed E-state index contributed by atoms with van der Waals surface area (Å²) in [6.07, 6.45) is -3.62. The molecule has 0 aliphatic carbocycles. The third-order valence-electron chi connectivity index (χ3n) is 2.74. The van der Waals surface area contributed by atoms with Gasteiger partial charge in [0.05, 0.1) is 0 Å². The van der Waals surface area contributed by atoms with E-state index < -0.39 is 11.9 Å². The fourth-order valence-corrected chi connectivity index (χ4v) is 1.16. The van der Waals surface area contributed by atoms with Crippen molar-refractivity contribution in [1.29, 1.82) is 0 Å². The molecule has 4 nitrogen and oxygen atoms in total. The van der Waals surface area contributed by atoms with Crippen LogP contribution in [0.25, 0.3) is 0 Å². The lowest BCUT2D eigenvalue weighted by Crippen LogP contribution is -2.23. The maximum Gasteiger partial charge on any atom is 0.433 e. The van der Waals surface area contributed by atoms with E-state index in [1.54, 1.807) is 0 Å². The van der Waals surface area contributed by atoms with Gasteiger partial charge in [-0.25, -0.2) is 4.98 Å². The van der Waals surface area contributed by atoms with Gasteiger partial charge in [0.15, 0.2) is 5.69 Å². The Kier molecular flexibility index (Phi) is 4.03. The lowest BCUT2D eigenvalue weighted by atomic mass is 9.90. The lowest BCUT2D eigenvalue weighted by Gasteiger charge is -2.23. The molecule has 7 heteroatoms. The van der Waals surface area contributed by atoms with E-state index in [9.17, 15) is 13.2 Å². The highest BCUT2D eigenvalue weighted by molar-refractivity contribution is 5.41. The van der Waals surface area contributed by atoms with Crippen molar-refractivity contribution in [2.75, 3.05) is 17.6 Å². The van der Waals surface area contributed by atoms with Crippen LogP contribution in [-0.4, -0.2) is 16.5 Å². The monoisotopic (exact) mass is 262 g/mol. The van der Waals surface area contributed by atoms with Crippen LogP contribution in [0.4, 0.5) is 24.9 Å². The number of nitrogens with two attached hydrogens (primary N) is 1. The van der Waals surface area contributed by atoms with Crippen LogP contribution in [0.1, 0.15) is 32.9 Å². The second kappa shape index (κ2) is 4.99. The van der Waals surface area contributed by atoms with E-state index in [2.05, 4.69) is 15.3 Å². The van der Waals surface area contributed by atoms with Crippen LogP contribution in [0.15, 0.2) is 6.07 Å². The number of nitrogens with zero attached hydrogens (tertiary/aromatic N) is 2. The predicted molar refractivity (Wildman–Crippen MR) is 64.0 cm³/mol. The number of rotatable bonds is 4. The van der Waals surface area contributed by atoms with E-state index in [4.69, 9.17) is 5.73 Å². The minimum Gasteiger partial charge on any atom is -0.369 e. The van der Waals surface area contributed by atoms with Crippen LogP contribution in [0.3, 0.4) is 0 Å². The van der Waals surface area contributed by atoms with Crippen molar-refractivity contribution in [2.24, 2.45) is 5.41 Å². The standard InChI is InChI=1S/C11H17F3N4/c1-4-10(2,3)6-16-8-5-7(11(12,13)14)17-9(15)18-8/h5H,4,6H2,1-3H3,(H3,15,16,17,18). The number of aromatic nitrogens is 2. The first-order chi connectivity index (χ1) is 8.14. The average Bonchev–Trinajstić information content (AvgIpc) is 2.25. The fraction of sp³-hybridized carbons (Fsp3) is 0.636. The Bertz CT molecular complexity index is 415. The molecule has 0 aliphatic heterocycles. The molecule has 3 N–H and O–H groups in total. The van der Waals surface area contributed by atoms with E-state index in [1.165, 1.54) is 0 Å². The Balaban J connectivity index is 2.88. The summed E-state index contributed by atoms with van der Waals surface area (Å²) in [7, 11) is 0. The van der Waals surface area contributed by atoms with Crippen LogP contribution < -0.4 is 11.1 Å². The summed E-state index contributed by atoms with van der Waals surface area (Å²) in [6, 6.07) is 0.863. The molecule has 0 bridgehead atoms. The van der Waals surface area contributed by atoms with E-state index in [0.29, 0.717) is 6.54 Å². The first-order valence-electron chi connectivity index (χ1n) is 5.60. The van der Waals surface area contributed by atoms with E-state index in [-0.39, 0.29) is 17.2 Å². The summed E-state index contributed by atoms with van der Waals surface area (Å²) in [4.78, 5) is 6.91. The zero-order valence-corrected chi connectivity index (χ0v) is 10.6. The van der Waals surface area contributed by atoms with Crippen molar-refractivity contribution in [3.05, 3.63) is 11.8 Å². The summed E-state index contributed by atoms with van der Waals surface area (Å²) in [6.45, 7) is 6.54. The normalized spacial score (nSPS) is 12.6. The second-order valence-electron chi connectivity index (χ2n) is 4.87. The van der Waals surface area contributed by atoms with E-state index in [1.807, 2.05) is 20.8 Å². The van der Waals surface area contributed by atoms with Gasteiger partial charge in [-0.3, -0.25) is 0 Å². The summed E-state index contributed by atoms with van der Waals surface area (Å²) in [5.74, 6) is -0.294. The van der Waals surface area contributed by atoms with Crippen LogP contribution in [0, 0.1) is 5.41 Å². The molecule has 1 aromatic rings. The molecule has 0 radical (unpaired) electrons. The van der Waals surface area contributed by atoms with Crippen LogP contribution in [-0.2, 0) is 6.18 Å². The number of hydrogen-bond donors (Lipinski definition) is 2. The molecule has 0 saturated carbocycles. The smallest absolute Gasteiger partial charge is 0.369 e. The Labute approximate surface area is 104 Å². The van der Waals surface area contributed by atoms with Crippen molar-refractivity contribution in [3.63, 3.8) is 0 Å². The van der Waals surface area contributed by atoms with Gasteiger partial charge < -0.3 is 11.1 Å². The molecule has 102 valence electrons. The SMILES string of the molecule is CCC(C)(C)CNc1cc(C(F)(F)F)nc(N)n1. The van der Waals surface area contributed by atoms with Gasteiger partial charge in [0, 0.05) is 12.6 Å². The first kappa shape index (κ1) is 14.5. The Morgan fingerprint density at radius 1 is 1.28 bits per heavy atom. The molecule has 18 heavy (non-hydrogen) atoms. The van der Waals surface area contributed by atoms with Gasteiger partial charge in [0.2, 0.25) is 5.95 Å². The van der Waals surface area contributed by atoms with Crippen molar-refractivity contribution >= 4 is 11.8 Å². The number of anilines is 2. The molecule has 1 heterocycles. The minimum absolute atomic E-state index is 0.0297. The molecule has 0 saturated heterocycles. The van der Waals surface area contributed by atoms with Crippen LogP contribution in [0.2, 0.25) is 0 Å². The van der Waals surface area contributed by atoms with Crippen LogP contribution in [0.5, 0.6) is 0 Å². The van der Waals surface area contributed by atoms with Gasteiger partial charge in [-0.15, -0.1) is 0 Å². The molecular weight excluding hydrogens is 245 g/mol. The van der Waals surface area contributed by atoms with Gasteiger partial charge in [0.25, 0.3) is 0 Å². The molecule has 0 atom stereocenters. The number of alkyl halides is 3. The minimum atomic E-state index is -4.52. The highest BCUT2D eigenvalue weighted by Gasteiger charge is 2.33. The van der Waals surface area contributed by atoms with Gasteiger partial charge in [-0.1, -0.05) is 20.8 Å². The van der Waals surface area contributed by atoms with E-state index >= 15 is 0 Å². The lowest BCUT2D eigenvalue weighted by molar-refractivity contribution is -0.141. The molecule has 0 aromatic carbocycles. The molecule has 1 rings (SSSR count). The zero-order valence-electron chi connectivity index (χ0n) is 10.6. The highest BCUT2D eigenvalue weighted by atomic mass is 19.4. The first-order valence-corrected chi connectivity index (χ1v) is 5.60. The van der Waals surface area contributed by atoms with Crippen molar-refractivity contribution in [2.45, 2.75) is 33.4 Å². The van der Waals surface area contributed by atoms with Crippen molar-refractivity contribution in [3.8, 4) is 0 Å². The summed E-state index contributed by atoms with van der Waals surface area (Å²) in [5, 5.41) is 2.86. The van der Waals surface area contributed by atoms with E-state index in [0.717, 1.165) is 12.5 Å². The van der Waals surface area contributed by atoms with Crippen molar-refractivity contribution in [1.82, 2.24) is 9.97 Å². The second-order valence-corrected chi connectivity index (χ2v) is 4.87. The maximum absolute atomic E-state index is 12.5. The average molecular weight is 262 g/mol. The number of nitrogen functional groups attached to an aromatic ring is 1. The molecule has 0 aliphatic rings. The molecular formula is C11H17F3N4. The molecule has 0 unspecified atom stereocenters. The van der Waals surface area contributed by atoms with Crippen molar-refractivity contribution < 1.29 is 13.2 Å². The molecule has 1 aromatic heterocycles. The molecule has 0 amide bonds. The van der Waals surface area contributed by atoms with Gasteiger partial charge in [-0.05, 0) is 11.8 Å². The Morgan fingerprint density at radius 3 is 2.39 bits per heavy atom. The van der Waals surface area contributed by atoms with Crippen LogP contribution >= 0.6 is 0 Å². The largest absolute Gasteiger partial charge is 0.433 e. The zero-order chi connectivity index (χ0) is 14.0. The maximum atomic E-state index is 12.5. The highest BCUT2D eigenvalue weighted by Crippen LogP contribution is 2.29. The fourth-order valence-electron chi connectivity index (χ4n) is 1.16. The summed E-state index contributed by atoms with van der Waals surface area (Å²) >= 11 is 0. The van der Waals surface area contributed by atoms with Gasteiger partial charge in [0.1, 0.15) is 5.82 Å². The number of nitrogens with one attached hydrogen (secondary N) is 1. The molecule has 0 spiro atoms.